The van der Waals surface area contributed by atoms with Gasteiger partial charge in [0.25, 0.3) is 0 Å². The third kappa shape index (κ3) is 4.75. The second kappa shape index (κ2) is 6.80. The number of aliphatic hydroxyl groups is 1. The second-order valence-corrected chi connectivity index (χ2v) is 3.49. The third-order valence-corrected chi connectivity index (χ3v) is 2.14. The Bertz CT molecular complexity index is 332. The Morgan fingerprint density at radius 2 is 2.12 bits per heavy atom. The van der Waals surface area contributed by atoms with Crippen LogP contribution in [0.3, 0.4) is 0 Å². The summed E-state index contributed by atoms with van der Waals surface area (Å²) in [5.74, 6) is 0.662. The number of aliphatic hydroxyl groups excluding tert-OH is 1. The Morgan fingerprint density at radius 3 is 2.75 bits per heavy atom. The van der Waals surface area contributed by atoms with Crippen LogP contribution in [0.25, 0.3) is 0 Å². The minimum atomic E-state index is -0.621. The lowest BCUT2D eigenvalue weighted by molar-refractivity contribution is -0.115. The summed E-state index contributed by atoms with van der Waals surface area (Å²) in [5, 5.41) is 9.54. The summed E-state index contributed by atoms with van der Waals surface area (Å²) in [6.07, 6.45) is 1.36. The number of carbonyl (C=O) groups excluding carboxylic acids is 1. The van der Waals surface area contributed by atoms with Crippen molar-refractivity contribution in [1.29, 1.82) is 0 Å². The Kier molecular flexibility index (Phi) is 5.29. The van der Waals surface area contributed by atoms with Gasteiger partial charge >= 0.3 is 0 Å². The summed E-state index contributed by atoms with van der Waals surface area (Å²) in [6.45, 7) is 3.57. The normalized spacial score (nSPS) is 11.8. The molecule has 1 rings (SSSR count). The number of benzene rings is 1. The molecule has 16 heavy (non-hydrogen) atoms. The number of ketones is 1. The van der Waals surface area contributed by atoms with Crippen molar-refractivity contribution in [3.63, 3.8) is 0 Å². The van der Waals surface area contributed by atoms with Gasteiger partial charge in [0.05, 0.1) is 6.10 Å². The number of hydrogen-bond acceptors (Lipinski definition) is 3. The zero-order chi connectivity index (χ0) is 11.8. The molecule has 0 bridgehead atoms. The van der Waals surface area contributed by atoms with Gasteiger partial charge in [-0.2, -0.15) is 0 Å². The van der Waals surface area contributed by atoms with Crippen LogP contribution in [0.4, 0.5) is 0 Å². The molecule has 0 saturated carbocycles. The van der Waals surface area contributed by atoms with Gasteiger partial charge in [0.1, 0.15) is 12.4 Å². The van der Waals surface area contributed by atoms with Gasteiger partial charge < -0.3 is 9.84 Å². The highest BCUT2D eigenvalue weighted by Gasteiger charge is 2.07. The maximum absolute atomic E-state index is 10.9. The van der Waals surface area contributed by atoms with Gasteiger partial charge in [-0.05, 0) is 24.6 Å². The number of para-hydroxylation sites is 1. The molecule has 1 N–H and O–H groups in total. The van der Waals surface area contributed by atoms with E-state index in [9.17, 15) is 9.90 Å². The van der Waals surface area contributed by atoms with E-state index in [2.05, 4.69) is 6.58 Å². The number of hydrogen-bond donors (Lipinski definition) is 1. The van der Waals surface area contributed by atoms with Crippen LogP contribution in [0.1, 0.15) is 12.8 Å². The van der Waals surface area contributed by atoms with Crippen LogP contribution < -0.4 is 4.74 Å². The number of allylic oxidation sites excluding steroid dienone is 1. The van der Waals surface area contributed by atoms with E-state index in [-0.39, 0.29) is 12.4 Å². The predicted octanol–water partition coefficient (Wildman–Crippen LogP) is 1.96. The van der Waals surface area contributed by atoms with E-state index >= 15 is 0 Å². The van der Waals surface area contributed by atoms with E-state index in [1.165, 1.54) is 6.08 Å². The molecule has 0 saturated heterocycles. The summed E-state index contributed by atoms with van der Waals surface area (Å²) in [7, 11) is 0. The average Bonchev–Trinajstić information content (AvgIpc) is 2.34. The fraction of sp³-hybridized carbons (Fsp3) is 0.308. The van der Waals surface area contributed by atoms with E-state index in [0.717, 1.165) is 5.75 Å². The molecule has 1 aromatic rings. The molecule has 1 unspecified atom stereocenters. The van der Waals surface area contributed by atoms with Crippen molar-refractivity contribution in [3.05, 3.63) is 43.0 Å². The van der Waals surface area contributed by atoms with Crippen molar-refractivity contribution in [2.45, 2.75) is 18.9 Å². The molecule has 0 fully saturated rings. The molecular formula is C13H16O3. The lowest BCUT2D eigenvalue weighted by Gasteiger charge is -2.11. The van der Waals surface area contributed by atoms with Crippen molar-refractivity contribution in [1.82, 2.24) is 0 Å². The molecular weight excluding hydrogens is 204 g/mol. The van der Waals surface area contributed by atoms with E-state index in [1.807, 2.05) is 30.3 Å². The van der Waals surface area contributed by atoms with Crippen molar-refractivity contribution in [2.24, 2.45) is 0 Å². The molecule has 0 aromatic heterocycles. The van der Waals surface area contributed by atoms with E-state index in [1.54, 1.807) is 0 Å². The highest BCUT2D eigenvalue weighted by atomic mass is 16.5. The largest absolute Gasteiger partial charge is 0.491 e. The molecule has 0 aliphatic carbocycles. The first-order chi connectivity index (χ1) is 7.72. The standard InChI is InChI=1S/C13H16O3/c1-2-11(14)8-9-12(15)10-16-13-6-4-3-5-7-13/h2-7,12,15H,1,8-10H2. The number of carbonyl (C=O) groups is 1. The van der Waals surface area contributed by atoms with E-state index in [4.69, 9.17) is 4.74 Å². The SMILES string of the molecule is C=CC(=O)CCC(O)COc1ccccc1. The highest BCUT2D eigenvalue weighted by molar-refractivity contribution is 5.88. The molecule has 3 heteroatoms. The summed E-state index contributed by atoms with van der Waals surface area (Å²) in [6, 6.07) is 9.27. The van der Waals surface area contributed by atoms with Crippen molar-refractivity contribution < 1.29 is 14.6 Å². The van der Waals surface area contributed by atoms with Gasteiger partial charge in [-0.3, -0.25) is 4.79 Å². The van der Waals surface area contributed by atoms with Crippen molar-refractivity contribution in [2.75, 3.05) is 6.61 Å². The van der Waals surface area contributed by atoms with Crippen LogP contribution >= 0.6 is 0 Å². The first-order valence-corrected chi connectivity index (χ1v) is 5.23. The van der Waals surface area contributed by atoms with Gasteiger partial charge in [-0.1, -0.05) is 24.8 Å². The van der Waals surface area contributed by atoms with Crippen LogP contribution in [0.5, 0.6) is 5.75 Å². The zero-order valence-corrected chi connectivity index (χ0v) is 9.13. The Balaban J connectivity index is 2.22. The topological polar surface area (TPSA) is 46.5 Å². The predicted molar refractivity (Wildman–Crippen MR) is 62.4 cm³/mol. The molecule has 1 aromatic carbocycles. The van der Waals surface area contributed by atoms with E-state index in [0.29, 0.717) is 12.8 Å². The first kappa shape index (κ1) is 12.5. The van der Waals surface area contributed by atoms with Crippen LogP contribution in [0.2, 0.25) is 0 Å². The smallest absolute Gasteiger partial charge is 0.155 e. The molecule has 0 amide bonds. The Morgan fingerprint density at radius 1 is 1.44 bits per heavy atom. The minimum Gasteiger partial charge on any atom is -0.491 e. The molecule has 0 aliphatic heterocycles. The maximum atomic E-state index is 10.9. The minimum absolute atomic E-state index is 0.0567. The molecule has 0 radical (unpaired) electrons. The lowest BCUT2D eigenvalue weighted by atomic mass is 10.1. The van der Waals surface area contributed by atoms with Crippen LogP contribution in [-0.4, -0.2) is 23.6 Å². The molecule has 1 atom stereocenters. The van der Waals surface area contributed by atoms with Gasteiger partial charge in [0, 0.05) is 6.42 Å². The summed E-state index contributed by atoms with van der Waals surface area (Å²) < 4.78 is 5.35. The molecule has 0 heterocycles. The first-order valence-electron chi connectivity index (χ1n) is 5.23. The molecule has 3 nitrogen and oxygen atoms in total. The average molecular weight is 220 g/mol. The molecule has 0 spiro atoms. The number of rotatable bonds is 7. The second-order valence-electron chi connectivity index (χ2n) is 3.49. The molecule has 0 aliphatic rings. The Labute approximate surface area is 95.4 Å². The van der Waals surface area contributed by atoms with Gasteiger partial charge in [-0.25, -0.2) is 0 Å². The van der Waals surface area contributed by atoms with Crippen LogP contribution in [-0.2, 0) is 4.79 Å². The van der Waals surface area contributed by atoms with Crippen molar-refractivity contribution in [3.8, 4) is 5.75 Å². The highest BCUT2D eigenvalue weighted by Crippen LogP contribution is 2.09. The van der Waals surface area contributed by atoms with Crippen molar-refractivity contribution >= 4 is 5.78 Å². The maximum Gasteiger partial charge on any atom is 0.155 e. The monoisotopic (exact) mass is 220 g/mol. The quantitative estimate of drug-likeness (QED) is 0.714. The zero-order valence-electron chi connectivity index (χ0n) is 9.13. The number of ether oxygens (including phenoxy) is 1. The summed E-state index contributed by atoms with van der Waals surface area (Å²) >= 11 is 0. The van der Waals surface area contributed by atoms with Crippen LogP contribution in [0, 0.1) is 0 Å². The fourth-order valence-corrected chi connectivity index (χ4v) is 1.20. The van der Waals surface area contributed by atoms with Crippen LogP contribution in [0.15, 0.2) is 43.0 Å². The fourth-order valence-electron chi connectivity index (χ4n) is 1.20. The Hall–Kier alpha value is -1.61. The summed E-state index contributed by atoms with van der Waals surface area (Å²) in [5.41, 5.74) is 0. The third-order valence-electron chi connectivity index (χ3n) is 2.14. The van der Waals surface area contributed by atoms with Gasteiger partial charge in [0.2, 0.25) is 0 Å². The molecule has 86 valence electrons. The van der Waals surface area contributed by atoms with E-state index < -0.39 is 6.10 Å². The van der Waals surface area contributed by atoms with Gasteiger partial charge in [-0.15, -0.1) is 0 Å². The summed E-state index contributed by atoms with van der Waals surface area (Å²) in [4.78, 5) is 10.9. The lowest BCUT2D eigenvalue weighted by Crippen LogP contribution is -2.18. The van der Waals surface area contributed by atoms with Gasteiger partial charge in [0.15, 0.2) is 5.78 Å².